The first kappa shape index (κ1) is 17.6. The molecule has 0 unspecified atom stereocenters. The number of rotatable bonds is 5. The fraction of sp³-hybridized carbons (Fsp3) is 0.500. The van der Waals surface area contributed by atoms with Crippen molar-refractivity contribution in [3.05, 3.63) is 29.8 Å². The SMILES string of the molecule is CC(C)(C)[C@@H](N)C(=O)NCCc1ccc(S(N)(=O)=O)cc1. The molecule has 1 rings (SSSR count). The summed E-state index contributed by atoms with van der Waals surface area (Å²) < 4.78 is 22.2. The molecule has 0 aliphatic rings. The van der Waals surface area contributed by atoms with Gasteiger partial charge in [-0.15, -0.1) is 0 Å². The van der Waals surface area contributed by atoms with Gasteiger partial charge in [0.1, 0.15) is 0 Å². The van der Waals surface area contributed by atoms with E-state index in [0.717, 1.165) is 5.56 Å². The van der Waals surface area contributed by atoms with Crippen molar-refractivity contribution in [1.29, 1.82) is 0 Å². The van der Waals surface area contributed by atoms with Crippen molar-refractivity contribution in [3.8, 4) is 0 Å². The Morgan fingerprint density at radius 3 is 2.19 bits per heavy atom. The molecule has 118 valence electrons. The molecule has 0 aliphatic carbocycles. The smallest absolute Gasteiger partial charge is 0.238 e. The molecule has 1 aromatic carbocycles. The number of amides is 1. The molecule has 0 radical (unpaired) electrons. The number of sulfonamides is 1. The fourth-order valence-corrected chi connectivity index (χ4v) is 2.19. The number of carbonyl (C=O) groups excluding carboxylic acids is 1. The summed E-state index contributed by atoms with van der Waals surface area (Å²) in [7, 11) is -3.67. The molecule has 0 bridgehead atoms. The highest BCUT2D eigenvalue weighted by atomic mass is 32.2. The van der Waals surface area contributed by atoms with Gasteiger partial charge in [-0.05, 0) is 29.5 Å². The zero-order chi connectivity index (χ0) is 16.3. The molecule has 0 heterocycles. The molecule has 6 nitrogen and oxygen atoms in total. The van der Waals surface area contributed by atoms with Crippen molar-refractivity contribution in [1.82, 2.24) is 5.32 Å². The summed E-state index contributed by atoms with van der Waals surface area (Å²) in [6.45, 7) is 6.16. The zero-order valence-corrected chi connectivity index (χ0v) is 13.4. The third-order valence-electron chi connectivity index (χ3n) is 3.18. The van der Waals surface area contributed by atoms with Crippen LogP contribution in [0.2, 0.25) is 0 Å². The maximum atomic E-state index is 11.8. The Hall–Kier alpha value is -1.44. The van der Waals surface area contributed by atoms with Crippen LogP contribution in [0.3, 0.4) is 0 Å². The first-order valence-electron chi connectivity index (χ1n) is 6.67. The van der Waals surface area contributed by atoms with Crippen molar-refractivity contribution in [2.24, 2.45) is 16.3 Å². The third kappa shape index (κ3) is 5.45. The molecule has 0 spiro atoms. The van der Waals surface area contributed by atoms with Crippen LogP contribution in [0, 0.1) is 5.41 Å². The maximum Gasteiger partial charge on any atom is 0.238 e. The standard InChI is InChI=1S/C14H23N3O3S/c1-14(2,3)12(15)13(18)17-9-8-10-4-6-11(7-5-10)21(16,19)20/h4-7,12H,8-9,15H2,1-3H3,(H,17,18)(H2,16,19,20)/t12-/m0/s1. The molecule has 0 fully saturated rings. The van der Waals surface area contributed by atoms with Crippen LogP contribution in [0.1, 0.15) is 26.3 Å². The van der Waals surface area contributed by atoms with Gasteiger partial charge in [-0.3, -0.25) is 4.79 Å². The minimum atomic E-state index is -3.67. The second-order valence-corrected chi connectivity index (χ2v) is 7.64. The highest BCUT2D eigenvalue weighted by Crippen LogP contribution is 2.17. The van der Waals surface area contributed by atoms with Crippen LogP contribution in [0.15, 0.2) is 29.2 Å². The number of benzene rings is 1. The fourth-order valence-electron chi connectivity index (χ4n) is 1.68. The van der Waals surface area contributed by atoms with E-state index in [2.05, 4.69) is 5.32 Å². The largest absolute Gasteiger partial charge is 0.354 e. The Kier molecular flexibility index (Phi) is 5.49. The topological polar surface area (TPSA) is 115 Å². The molecule has 0 saturated heterocycles. The predicted molar refractivity (Wildman–Crippen MR) is 82.0 cm³/mol. The van der Waals surface area contributed by atoms with Gasteiger partial charge in [0.25, 0.3) is 0 Å². The van der Waals surface area contributed by atoms with Gasteiger partial charge in [-0.25, -0.2) is 13.6 Å². The van der Waals surface area contributed by atoms with Crippen molar-refractivity contribution in [2.75, 3.05) is 6.54 Å². The molecule has 1 amide bonds. The normalized spacial score (nSPS) is 13.8. The second kappa shape index (κ2) is 6.55. The Balaban J connectivity index is 2.52. The molecule has 1 aromatic rings. The van der Waals surface area contributed by atoms with Crippen molar-refractivity contribution in [2.45, 2.75) is 38.1 Å². The number of primary sulfonamides is 1. The molecule has 0 saturated carbocycles. The molecule has 0 aliphatic heterocycles. The first-order chi connectivity index (χ1) is 9.51. The first-order valence-corrected chi connectivity index (χ1v) is 8.21. The van der Waals surface area contributed by atoms with Crippen LogP contribution in [0.4, 0.5) is 0 Å². The minimum absolute atomic E-state index is 0.0741. The van der Waals surface area contributed by atoms with Crippen molar-refractivity contribution in [3.63, 3.8) is 0 Å². The lowest BCUT2D eigenvalue weighted by molar-refractivity contribution is -0.124. The van der Waals surface area contributed by atoms with Gasteiger partial charge < -0.3 is 11.1 Å². The summed E-state index contributed by atoms with van der Waals surface area (Å²) in [5.74, 6) is -0.191. The van der Waals surface area contributed by atoms with Gasteiger partial charge in [0, 0.05) is 6.54 Å². The van der Waals surface area contributed by atoms with E-state index in [0.29, 0.717) is 13.0 Å². The lowest BCUT2D eigenvalue weighted by atomic mass is 9.87. The lowest BCUT2D eigenvalue weighted by Crippen LogP contribution is -2.48. The highest BCUT2D eigenvalue weighted by molar-refractivity contribution is 7.89. The Morgan fingerprint density at radius 2 is 1.76 bits per heavy atom. The molecular weight excluding hydrogens is 290 g/mol. The minimum Gasteiger partial charge on any atom is -0.354 e. The highest BCUT2D eigenvalue weighted by Gasteiger charge is 2.26. The van der Waals surface area contributed by atoms with Gasteiger partial charge in [-0.2, -0.15) is 0 Å². The second-order valence-electron chi connectivity index (χ2n) is 6.07. The maximum absolute atomic E-state index is 11.8. The van der Waals surface area contributed by atoms with Crippen molar-refractivity contribution < 1.29 is 13.2 Å². The Bertz CT molecular complexity index is 589. The monoisotopic (exact) mass is 313 g/mol. The molecule has 0 aromatic heterocycles. The average Bonchev–Trinajstić information content (AvgIpc) is 2.36. The Morgan fingerprint density at radius 1 is 1.24 bits per heavy atom. The van der Waals surface area contributed by atoms with E-state index in [1.807, 2.05) is 20.8 Å². The van der Waals surface area contributed by atoms with E-state index >= 15 is 0 Å². The van der Waals surface area contributed by atoms with E-state index in [-0.39, 0.29) is 16.2 Å². The van der Waals surface area contributed by atoms with Crippen LogP contribution >= 0.6 is 0 Å². The molecule has 1 atom stereocenters. The van der Waals surface area contributed by atoms with Crippen LogP contribution in [0.5, 0.6) is 0 Å². The van der Waals surface area contributed by atoms with E-state index < -0.39 is 16.1 Å². The molecule has 21 heavy (non-hydrogen) atoms. The number of hydrogen-bond acceptors (Lipinski definition) is 4. The molecule has 7 heteroatoms. The van der Waals surface area contributed by atoms with Gasteiger partial charge in [0.2, 0.25) is 15.9 Å². The number of hydrogen-bond donors (Lipinski definition) is 3. The van der Waals surface area contributed by atoms with Gasteiger partial charge in [-0.1, -0.05) is 32.9 Å². The summed E-state index contributed by atoms with van der Waals surface area (Å²) >= 11 is 0. The van der Waals surface area contributed by atoms with E-state index in [1.54, 1.807) is 12.1 Å². The van der Waals surface area contributed by atoms with Crippen LogP contribution in [0.25, 0.3) is 0 Å². The molecular formula is C14H23N3O3S. The van der Waals surface area contributed by atoms with Crippen LogP contribution in [-0.4, -0.2) is 26.9 Å². The summed E-state index contributed by atoms with van der Waals surface area (Å²) in [6, 6.07) is 5.69. The van der Waals surface area contributed by atoms with E-state index in [9.17, 15) is 13.2 Å². The van der Waals surface area contributed by atoms with Crippen LogP contribution < -0.4 is 16.2 Å². The average molecular weight is 313 g/mol. The van der Waals surface area contributed by atoms with Crippen LogP contribution in [-0.2, 0) is 21.2 Å². The van der Waals surface area contributed by atoms with E-state index in [4.69, 9.17) is 10.9 Å². The summed E-state index contributed by atoms with van der Waals surface area (Å²) in [6.07, 6.45) is 0.591. The summed E-state index contributed by atoms with van der Waals surface area (Å²) in [5.41, 5.74) is 6.47. The van der Waals surface area contributed by atoms with Gasteiger partial charge in [0.15, 0.2) is 0 Å². The number of carbonyl (C=O) groups is 1. The van der Waals surface area contributed by atoms with Crippen molar-refractivity contribution >= 4 is 15.9 Å². The predicted octanol–water partition coefficient (Wildman–Crippen LogP) is 0.366. The Labute approximate surface area is 126 Å². The third-order valence-corrected chi connectivity index (χ3v) is 4.11. The number of nitrogens with one attached hydrogen (secondary N) is 1. The van der Waals surface area contributed by atoms with Gasteiger partial charge in [0.05, 0.1) is 10.9 Å². The lowest BCUT2D eigenvalue weighted by Gasteiger charge is -2.25. The van der Waals surface area contributed by atoms with Gasteiger partial charge >= 0.3 is 0 Å². The summed E-state index contributed by atoms with van der Waals surface area (Å²) in [5, 5.41) is 7.80. The van der Waals surface area contributed by atoms with E-state index in [1.165, 1.54) is 12.1 Å². The number of nitrogens with two attached hydrogens (primary N) is 2. The summed E-state index contributed by atoms with van der Waals surface area (Å²) in [4.78, 5) is 11.9. The zero-order valence-electron chi connectivity index (χ0n) is 12.6. The quantitative estimate of drug-likeness (QED) is 0.728. The molecule has 5 N–H and O–H groups in total.